The molecule has 46 heavy (non-hydrogen) atoms. The molecule has 0 saturated carbocycles. The average Bonchev–Trinajstić information content (AvgIpc) is 3.01. The largest absolute Gasteiger partial charge is 0.477 e. The summed E-state index contributed by atoms with van der Waals surface area (Å²) < 4.78 is 1.91. The van der Waals surface area contributed by atoms with E-state index in [9.17, 15) is 24.6 Å². The van der Waals surface area contributed by atoms with Crippen LogP contribution in [-0.2, 0) is 24.2 Å². The first-order chi connectivity index (χ1) is 21.7. The maximum atomic E-state index is 12.8. The van der Waals surface area contributed by atoms with Crippen LogP contribution in [0.2, 0.25) is 0 Å². The van der Waals surface area contributed by atoms with Gasteiger partial charge in [0.2, 0.25) is 5.43 Å². The van der Waals surface area contributed by atoms with E-state index in [-0.39, 0.29) is 23.4 Å². The van der Waals surface area contributed by atoms with Gasteiger partial charge < -0.3 is 25.2 Å². The second-order valence-electron chi connectivity index (χ2n) is 13.8. The molecule has 0 aliphatic carbocycles. The van der Waals surface area contributed by atoms with Gasteiger partial charge in [0.05, 0.1) is 11.6 Å². The minimum Gasteiger partial charge on any atom is -0.477 e. The predicted molar refractivity (Wildman–Crippen MR) is 192 cm³/mol. The van der Waals surface area contributed by atoms with E-state index in [1.54, 1.807) is 0 Å². The van der Waals surface area contributed by atoms with E-state index in [2.05, 4.69) is 66.8 Å². The number of nitrogens with one attached hydrogen (secondary N) is 1. The zero-order chi connectivity index (χ0) is 35.4. The average molecular weight is 647 g/mol. The third-order valence-electron chi connectivity index (χ3n) is 8.24. The Morgan fingerprint density at radius 3 is 2.11 bits per heavy atom. The number of hydrogen-bond acceptors (Lipinski definition) is 6. The molecule has 0 fully saturated rings. The zero-order valence-electron chi connectivity index (χ0n) is 30.6. The van der Waals surface area contributed by atoms with Gasteiger partial charge in [0.1, 0.15) is 11.3 Å². The van der Waals surface area contributed by atoms with Gasteiger partial charge in [-0.25, -0.2) is 4.79 Å². The summed E-state index contributed by atoms with van der Waals surface area (Å²) >= 11 is 0. The quantitative estimate of drug-likeness (QED) is 0.150. The highest BCUT2D eigenvalue weighted by Gasteiger charge is 2.20. The minimum atomic E-state index is -1.18. The van der Waals surface area contributed by atoms with Gasteiger partial charge in [-0.2, -0.15) is 0 Å². The van der Waals surface area contributed by atoms with Crippen molar-refractivity contribution in [3.05, 3.63) is 45.2 Å². The number of ketones is 1. The lowest BCUT2D eigenvalue weighted by molar-refractivity contribution is -0.120. The number of hydrogen-bond donors (Lipinski definition) is 4. The molecular formula is C38H66N2O6. The Balaban J connectivity index is 0.00000160. The van der Waals surface area contributed by atoms with Crippen LogP contribution in [0.25, 0.3) is 10.9 Å². The normalized spacial score (nSPS) is 13.9. The Bertz CT molecular complexity index is 1220. The van der Waals surface area contributed by atoms with Crippen LogP contribution in [0.15, 0.2) is 23.1 Å². The number of aliphatic hydroxyl groups excluding tert-OH is 2. The number of carbonyl (C=O) groups excluding carboxylic acids is 1. The molecule has 0 radical (unpaired) electrons. The summed E-state index contributed by atoms with van der Waals surface area (Å²) in [7, 11) is 1.00. The van der Waals surface area contributed by atoms with E-state index in [0.29, 0.717) is 30.7 Å². The van der Waals surface area contributed by atoms with Crippen molar-refractivity contribution in [3.63, 3.8) is 0 Å². The SMILES string of the molecule is CC(C)C.CCC(C)C.CCC(O)CC(C)C(C)CC(=O)CCNCCCc1cc2c3c(c1)c(=O)c(C(=O)O)cn3CCC2.CO. The summed E-state index contributed by atoms with van der Waals surface area (Å²) in [6.07, 6.45) is 8.53. The van der Waals surface area contributed by atoms with Crippen molar-refractivity contribution in [2.75, 3.05) is 20.2 Å². The Kier molecular flexibility index (Phi) is 22.4. The molecule has 3 unspecified atom stereocenters. The van der Waals surface area contributed by atoms with Crippen LogP contribution in [0.1, 0.15) is 129 Å². The van der Waals surface area contributed by atoms with Crippen LogP contribution < -0.4 is 10.7 Å². The van der Waals surface area contributed by atoms with Crippen molar-refractivity contribution in [3.8, 4) is 0 Å². The zero-order valence-corrected chi connectivity index (χ0v) is 30.6. The molecule has 8 heteroatoms. The molecule has 1 aromatic heterocycles. The maximum Gasteiger partial charge on any atom is 0.341 e. The number of nitrogens with zero attached hydrogens (tertiary/aromatic N) is 1. The van der Waals surface area contributed by atoms with Crippen LogP contribution in [0, 0.1) is 23.7 Å². The first-order valence-electron chi connectivity index (χ1n) is 17.5. The molecule has 2 heterocycles. The number of aliphatic hydroxyl groups is 2. The molecule has 8 nitrogen and oxygen atoms in total. The lowest BCUT2D eigenvalue weighted by atomic mass is 9.86. The van der Waals surface area contributed by atoms with Gasteiger partial charge in [-0.3, -0.25) is 9.59 Å². The van der Waals surface area contributed by atoms with Crippen LogP contribution in [0.5, 0.6) is 0 Å². The number of aryl methyl sites for hydroxylation is 3. The van der Waals surface area contributed by atoms with E-state index < -0.39 is 11.4 Å². The van der Waals surface area contributed by atoms with Gasteiger partial charge in [0.15, 0.2) is 0 Å². The second kappa shape index (κ2) is 23.7. The fourth-order valence-electron chi connectivity index (χ4n) is 5.06. The molecule has 0 amide bonds. The highest BCUT2D eigenvalue weighted by molar-refractivity contribution is 5.93. The molecule has 1 aliphatic rings. The van der Waals surface area contributed by atoms with E-state index in [0.717, 1.165) is 87.2 Å². The molecule has 0 saturated heterocycles. The summed E-state index contributed by atoms with van der Waals surface area (Å²) in [5.74, 6) is 1.38. The van der Waals surface area contributed by atoms with Crippen LogP contribution in [-0.4, -0.2) is 57.9 Å². The number of carbonyl (C=O) groups is 2. The van der Waals surface area contributed by atoms with Crippen molar-refractivity contribution in [1.82, 2.24) is 9.88 Å². The Labute approximate surface area is 279 Å². The smallest absolute Gasteiger partial charge is 0.341 e. The second-order valence-corrected chi connectivity index (χ2v) is 13.8. The van der Waals surface area contributed by atoms with Crippen LogP contribution in [0.3, 0.4) is 0 Å². The number of benzene rings is 1. The van der Waals surface area contributed by atoms with Crippen molar-refractivity contribution in [2.24, 2.45) is 23.7 Å². The Hall–Kier alpha value is -2.55. The summed E-state index contributed by atoms with van der Waals surface area (Å²) in [5, 5.41) is 30.1. The van der Waals surface area contributed by atoms with Gasteiger partial charge >= 0.3 is 5.97 Å². The predicted octanol–water partition coefficient (Wildman–Crippen LogP) is 7.27. The van der Waals surface area contributed by atoms with Gasteiger partial charge in [-0.05, 0) is 85.9 Å². The van der Waals surface area contributed by atoms with Crippen molar-refractivity contribution in [2.45, 2.75) is 133 Å². The van der Waals surface area contributed by atoms with Gasteiger partial charge in [0, 0.05) is 44.6 Å². The van der Waals surface area contributed by atoms with Crippen molar-refractivity contribution in [1.29, 1.82) is 0 Å². The van der Waals surface area contributed by atoms with Crippen LogP contribution >= 0.6 is 0 Å². The molecule has 4 N–H and O–H groups in total. The lowest BCUT2D eigenvalue weighted by Crippen LogP contribution is -2.23. The topological polar surface area (TPSA) is 129 Å². The monoisotopic (exact) mass is 646 g/mol. The number of aromatic carboxylic acids is 1. The number of pyridine rings is 1. The minimum absolute atomic E-state index is 0.168. The molecule has 0 spiro atoms. The molecular weight excluding hydrogens is 580 g/mol. The molecule has 2 aromatic rings. The maximum absolute atomic E-state index is 12.8. The fraction of sp³-hybridized carbons (Fsp3) is 0.711. The third kappa shape index (κ3) is 16.3. The van der Waals surface area contributed by atoms with E-state index in [4.69, 9.17) is 5.11 Å². The first kappa shape index (κ1) is 43.5. The Morgan fingerprint density at radius 2 is 1.57 bits per heavy atom. The van der Waals surface area contributed by atoms with Crippen molar-refractivity contribution >= 4 is 22.7 Å². The molecule has 264 valence electrons. The number of carboxylic acids is 1. The molecule has 3 rings (SSSR count). The highest BCUT2D eigenvalue weighted by Crippen LogP contribution is 2.26. The van der Waals surface area contributed by atoms with E-state index in [1.165, 1.54) is 12.6 Å². The number of carboxylic acid groups (broad SMARTS) is 1. The summed E-state index contributed by atoms with van der Waals surface area (Å²) in [6, 6.07) is 4.01. The summed E-state index contributed by atoms with van der Waals surface area (Å²) in [4.78, 5) is 36.6. The molecule has 1 aliphatic heterocycles. The number of Topliss-reactive ketones (excluding diaryl/α,β-unsaturated/α-hetero) is 1. The molecule has 3 atom stereocenters. The van der Waals surface area contributed by atoms with Gasteiger partial charge in [0.25, 0.3) is 0 Å². The first-order valence-corrected chi connectivity index (χ1v) is 17.5. The molecule has 0 bridgehead atoms. The van der Waals surface area contributed by atoms with E-state index >= 15 is 0 Å². The third-order valence-corrected chi connectivity index (χ3v) is 8.24. The van der Waals surface area contributed by atoms with Crippen molar-refractivity contribution < 1.29 is 24.9 Å². The molecule has 1 aromatic carbocycles. The number of rotatable bonds is 15. The van der Waals surface area contributed by atoms with E-state index in [1.807, 2.05) is 17.6 Å². The van der Waals surface area contributed by atoms with Gasteiger partial charge in [-0.15, -0.1) is 0 Å². The highest BCUT2D eigenvalue weighted by atomic mass is 16.4. The Morgan fingerprint density at radius 1 is 0.957 bits per heavy atom. The lowest BCUT2D eigenvalue weighted by Gasteiger charge is -2.21. The summed E-state index contributed by atoms with van der Waals surface area (Å²) in [5.41, 5.74) is 2.47. The van der Waals surface area contributed by atoms with Gasteiger partial charge in [-0.1, -0.05) is 74.8 Å². The van der Waals surface area contributed by atoms with Crippen LogP contribution in [0.4, 0.5) is 0 Å². The summed E-state index contributed by atoms with van der Waals surface area (Å²) in [6.45, 7) is 21.5. The number of aromatic nitrogens is 1. The standard InChI is InChI=1S/C28H40N2O5.C5H12.C4H10.CH4O/c1-4-22(31)13-18(2)19(3)14-23(32)9-11-29-10-5-7-20-15-21-8-6-12-30-17-25(28(34)35)27(33)24(16-20)26(21)30;1-4-5(2)3;1-4(2)3;1-2/h15-19,22,29,31H,4-14H2,1-3H3,(H,34,35);5H,4H2,1-3H3;4H,1-3H3;2H,1H3. The fourth-order valence-corrected chi connectivity index (χ4v) is 5.06.